The van der Waals surface area contributed by atoms with Crippen LogP contribution in [0.5, 0.6) is 5.75 Å². The predicted molar refractivity (Wildman–Crippen MR) is 71.7 cm³/mol. The summed E-state index contributed by atoms with van der Waals surface area (Å²) in [4.78, 5) is 10.2. The summed E-state index contributed by atoms with van der Waals surface area (Å²) in [6, 6.07) is 4.30. The van der Waals surface area contributed by atoms with Crippen molar-refractivity contribution in [2.24, 2.45) is 0 Å². The molecule has 1 unspecified atom stereocenters. The number of hydrogen-bond acceptors (Lipinski definition) is 7. The fraction of sp³-hybridized carbons (Fsp3) is 0.455. The zero-order valence-corrected chi connectivity index (χ0v) is 12.2. The van der Waals surface area contributed by atoms with Crippen LogP contribution in [-0.2, 0) is 10.3 Å². The lowest BCUT2D eigenvalue weighted by Gasteiger charge is -2.22. The van der Waals surface area contributed by atoms with E-state index < -0.39 is 27.9 Å². The van der Waals surface area contributed by atoms with Gasteiger partial charge in [-0.25, -0.2) is 12.7 Å². The van der Waals surface area contributed by atoms with Crippen molar-refractivity contribution < 1.29 is 27.7 Å². The molecule has 0 aromatic heterocycles. The maximum absolute atomic E-state index is 10.9. The first-order chi connectivity index (χ1) is 9.61. The van der Waals surface area contributed by atoms with Crippen LogP contribution >= 0.6 is 0 Å². The molecule has 9 nitrogen and oxygen atoms in total. The molecule has 21 heavy (non-hydrogen) atoms. The predicted octanol–water partition coefficient (Wildman–Crippen LogP) is 0.0349. The van der Waals surface area contributed by atoms with Gasteiger partial charge in [-0.2, -0.15) is 0 Å². The summed E-state index contributed by atoms with van der Waals surface area (Å²) in [6.07, 6.45) is -1.29. The molecule has 0 spiro atoms. The van der Waals surface area contributed by atoms with E-state index >= 15 is 0 Å². The molecule has 1 aromatic rings. The van der Waals surface area contributed by atoms with Gasteiger partial charge in [0.15, 0.2) is 16.1 Å². The van der Waals surface area contributed by atoms with Crippen molar-refractivity contribution in [3.05, 3.63) is 33.9 Å². The third kappa shape index (κ3) is 5.27. The van der Waals surface area contributed by atoms with Crippen molar-refractivity contribution in [2.75, 3.05) is 20.2 Å². The second kappa shape index (κ2) is 6.80. The van der Waals surface area contributed by atoms with Crippen LogP contribution in [0, 0.1) is 17.0 Å². The van der Waals surface area contributed by atoms with Crippen molar-refractivity contribution in [1.82, 2.24) is 4.31 Å². The zero-order chi connectivity index (χ0) is 16.2. The highest BCUT2D eigenvalue weighted by molar-refractivity contribution is 7.83. The Bertz CT molecular complexity index is 617. The summed E-state index contributed by atoms with van der Waals surface area (Å²) in [5.41, 5.74) is 0.416. The minimum atomic E-state index is -4.65. The van der Waals surface area contributed by atoms with Crippen LogP contribution in [0.25, 0.3) is 0 Å². The summed E-state index contributed by atoms with van der Waals surface area (Å²) >= 11 is 0. The lowest BCUT2D eigenvalue weighted by molar-refractivity contribution is -0.386. The van der Waals surface area contributed by atoms with Gasteiger partial charge in [-0.1, -0.05) is 6.07 Å². The first-order valence-electron chi connectivity index (χ1n) is 5.84. The van der Waals surface area contributed by atoms with Gasteiger partial charge in [-0.3, -0.25) is 10.1 Å². The first-order valence-corrected chi connectivity index (χ1v) is 7.21. The largest absolute Gasteiger partial charge is 0.735 e. The fourth-order valence-electron chi connectivity index (χ4n) is 1.52. The van der Waals surface area contributed by atoms with Crippen LogP contribution in [0.4, 0.5) is 5.69 Å². The Morgan fingerprint density at radius 1 is 1.48 bits per heavy atom. The zero-order valence-electron chi connectivity index (χ0n) is 11.4. The standard InChI is InChI=1S/C11H16N2O7S/c1-8-3-4-11(10(5-8)13(15)16)20-7-9(14)6-12(2)21(17,18)19/h3-5,9,14H,6-7H2,1-2H3,(H,17,18,19)/p-1. The van der Waals surface area contributed by atoms with Gasteiger partial charge in [-0.15, -0.1) is 0 Å². The summed E-state index contributed by atoms with van der Waals surface area (Å²) < 4.78 is 37.5. The number of ether oxygens (including phenoxy) is 1. The Hall–Kier alpha value is -1.75. The Labute approximate surface area is 121 Å². The lowest BCUT2D eigenvalue weighted by Crippen LogP contribution is -2.36. The first kappa shape index (κ1) is 17.3. The number of nitro groups is 1. The highest BCUT2D eigenvalue weighted by Gasteiger charge is 2.18. The number of rotatable bonds is 7. The average molecular weight is 319 g/mol. The van der Waals surface area contributed by atoms with Gasteiger partial charge in [0.25, 0.3) is 0 Å². The second-order valence-corrected chi connectivity index (χ2v) is 5.91. The number of nitro benzene ring substituents is 1. The molecule has 1 atom stereocenters. The highest BCUT2D eigenvalue weighted by Crippen LogP contribution is 2.27. The van der Waals surface area contributed by atoms with E-state index in [1.165, 1.54) is 12.1 Å². The van der Waals surface area contributed by atoms with Crippen molar-refractivity contribution >= 4 is 16.0 Å². The molecule has 0 fully saturated rings. The van der Waals surface area contributed by atoms with E-state index in [2.05, 4.69) is 0 Å². The molecule has 1 aromatic carbocycles. The molecule has 1 rings (SSSR count). The van der Waals surface area contributed by atoms with Gasteiger partial charge < -0.3 is 14.4 Å². The van der Waals surface area contributed by atoms with Crippen LogP contribution in [0.15, 0.2) is 18.2 Å². The molecule has 0 radical (unpaired) electrons. The van der Waals surface area contributed by atoms with Crippen molar-refractivity contribution in [2.45, 2.75) is 13.0 Å². The summed E-state index contributed by atoms with van der Waals surface area (Å²) in [7, 11) is -3.63. The minimum Gasteiger partial charge on any atom is -0.735 e. The van der Waals surface area contributed by atoms with Gasteiger partial charge in [-0.05, 0) is 18.6 Å². The molecule has 1 N–H and O–H groups in total. The Kier molecular flexibility index (Phi) is 5.61. The normalized spacial score (nSPS) is 13.2. The van der Waals surface area contributed by atoms with E-state index in [1.807, 2.05) is 0 Å². The van der Waals surface area contributed by atoms with E-state index in [9.17, 15) is 28.2 Å². The van der Waals surface area contributed by atoms with E-state index in [0.29, 0.717) is 9.87 Å². The number of aliphatic hydroxyl groups excluding tert-OH is 1. The quantitative estimate of drug-likeness (QED) is 0.426. The third-order valence-corrected chi connectivity index (χ3v) is 3.50. The van der Waals surface area contributed by atoms with Crippen LogP contribution in [0.2, 0.25) is 0 Å². The number of nitrogens with zero attached hydrogens (tertiary/aromatic N) is 2. The molecule has 10 heteroatoms. The SMILES string of the molecule is Cc1ccc(OCC(O)CN(C)S(=O)(=O)[O-])c([N+](=O)[O-])c1. The van der Waals surface area contributed by atoms with Gasteiger partial charge in [0, 0.05) is 19.7 Å². The molecular weight excluding hydrogens is 304 g/mol. The minimum absolute atomic E-state index is 0.0442. The van der Waals surface area contributed by atoms with Crippen molar-refractivity contribution in [1.29, 1.82) is 0 Å². The maximum Gasteiger partial charge on any atom is 0.311 e. The number of benzene rings is 1. The second-order valence-electron chi connectivity index (χ2n) is 4.43. The molecule has 0 saturated carbocycles. The number of likely N-dealkylation sites (N-methyl/N-ethyl adjacent to an activating group) is 1. The van der Waals surface area contributed by atoms with Crippen LogP contribution in [0.1, 0.15) is 5.56 Å². The van der Waals surface area contributed by atoms with Crippen LogP contribution in [-0.4, -0.2) is 53.6 Å². The van der Waals surface area contributed by atoms with Crippen LogP contribution < -0.4 is 4.74 Å². The molecule has 0 aliphatic carbocycles. The van der Waals surface area contributed by atoms with E-state index in [-0.39, 0.29) is 18.0 Å². The monoisotopic (exact) mass is 319 g/mol. The molecule has 0 aliphatic rings. The van der Waals surface area contributed by atoms with Crippen LogP contribution in [0.3, 0.4) is 0 Å². The Morgan fingerprint density at radius 2 is 2.10 bits per heavy atom. The van der Waals surface area contributed by atoms with E-state index in [1.54, 1.807) is 13.0 Å². The molecule has 0 aliphatic heterocycles. The molecule has 118 valence electrons. The summed E-state index contributed by atoms with van der Waals surface area (Å²) in [5.74, 6) is -0.0442. The van der Waals surface area contributed by atoms with Gasteiger partial charge in [0.05, 0.1) is 4.92 Å². The molecule has 0 saturated heterocycles. The topological polar surface area (TPSA) is 133 Å². The highest BCUT2D eigenvalue weighted by atomic mass is 32.2. The van der Waals surface area contributed by atoms with Gasteiger partial charge >= 0.3 is 5.69 Å². The fourth-order valence-corrected chi connectivity index (χ4v) is 1.87. The molecule has 0 amide bonds. The number of aryl methyl sites for hydroxylation is 1. The number of aliphatic hydroxyl groups is 1. The smallest absolute Gasteiger partial charge is 0.311 e. The van der Waals surface area contributed by atoms with E-state index in [0.717, 1.165) is 7.05 Å². The maximum atomic E-state index is 10.9. The molecule has 0 bridgehead atoms. The summed E-state index contributed by atoms with van der Waals surface area (Å²) in [6.45, 7) is 0.828. The lowest BCUT2D eigenvalue weighted by atomic mass is 10.2. The average Bonchev–Trinajstić information content (AvgIpc) is 2.35. The van der Waals surface area contributed by atoms with Crippen molar-refractivity contribution in [3.8, 4) is 5.75 Å². The van der Waals surface area contributed by atoms with Gasteiger partial charge in [0.2, 0.25) is 0 Å². The van der Waals surface area contributed by atoms with Crippen molar-refractivity contribution in [3.63, 3.8) is 0 Å². The number of hydrogen-bond donors (Lipinski definition) is 1. The summed E-state index contributed by atoms with van der Waals surface area (Å²) in [5, 5.41) is 20.5. The third-order valence-electron chi connectivity index (χ3n) is 2.59. The van der Waals surface area contributed by atoms with E-state index in [4.69, 9.17) is 4.74 Å². The molecular formula is C11H15N2O7S-. The molecule has 0 heterocycles. The Balaban J connectivity index is 2.69. The van der Waals surface area contributed by atoms with Gasteiger partial charge in [0.1, 0.15) is 12.7 Å². The Morgan fingerprint density at radius 3 is 2.62 bits per heavy atom.